The summed E-state index contributed by atoms with van der Waals surface area (Å²) >= 11 is 0. The minimum absolute atomic E-state index is 0.773. The van der Waals surface area contributed by atoms with Gasteiger partial charge in [-0.2, -0.15) is 9.61 Å². The van der Waals surface area contributed by atoms with Crippen molar-refractivity contribution < 1.29 is 0 Å². The second-order valence-corrected chi connectivity index (χ2v) is 6.37. The van der Waals surface area contributed by atoms with Gasteiger partial charge in [0.25, 0.3) is 0 Å². The van der Waals surface area contributed by atoms with Crippen LogP contribution in [-0.4, -0.2) is 60.4 Å². The zero-order chi connectivity index (χ0) is 16.7. The summed E-state index contributed by atoms with van der Waals surface area (Å²) in [6, 6.07) is 0. The van der Waals surface area contributed by atoms with E-state index in [1.165, 1.54) is 5.56 Å². The molecule has 0 saturated carbocycles. The third kappa shape index (κ3) is 2.73. The van der Waals surface area contributed by atoms with E-state index in [1.807, 2.05) is 29.4 Å². The molecule has 1 aliphatic heterocycles. The van der Waals surface area contributed by atoms with E-state index in [2.05, 4.69) is 43.1 Å². The molecular formula is C16H22N8. The van der Waals surface area contributed by atoms with Crippen LogP contribution < -0.4 is 4.90 Å². The third-order valence-electron chi connectivity index (χ3n) is 4.54. The standard InChI is InChI=1S/C16H22N8/c1-12-14(10-21(3)19-12)11-22-4-6-23(7-5-22)16-9-17-8-15-18-13(2)20-24(15)16/h8-10H,4-7,11H2,1-3H3. The average Bonchev–Trinajstić information content (AvgIpc) is 3.09. The predicted molar refractivity (Wildman–Crippen MR) is 91.0 cm³/mol. The van der Waals surface area contributed by atoms with Crippen molar-refractivity contribution in [2.45, 2.75) is 20.4 Å². The fourth-order valence-corrected chi connectivity index (χ4v) is 3.30. The first-order valence-corrected chi connectivity index (χ1v) is 8.24. The monoisotopic (exact) mass is 326 g/mol. The molecule has 1 aliphatic rings. The average molecular weight is 326 g/mol. The summed E-state index contributed by atoms with van der Waals surface area (Å²) in [5.41, 5.74) is 3.23. The quantitative estimate of drug-likeness (QED) is 0.709. The fraction of sp³-hybridized carbons (Fsp3) is 0.500. The van der Waals surface area contributed by atoms with E-state index in [4.69, 9.17) is 0 Å². The topological polar surface area (TPSA) is 67.4 Å². The number of nitrogens with zero attached hydrogens (tertiary/aromatic N) is 8. The summed E-state index contributed by atoms with van der Waals surface area (Å²) < 4.78 is 3.78. The molecule has 0 atom stereocenters. The normalized spacial score (nSPS) is 16.2. The minimum Gasteiger partial charge on any atom is -0.353 e. The van der Waals surface area contributed by atoms with Gasteiger partial charge in [0.2, 0.25) is 0 Å². The van der Waals surface area contributed by atoms with Gasteiger partial charge >= 0.3 is 0 Å². The Labute approximate surface area is 140 Å². The Bertz CT molecular complexity index is 856. The van der Waals surface area contributed by atoms with E-state index < -0.39 is 0 Å². The lowest BCUT2D eigenvalue weighted by Crippen LogP contribution is -2.46. The van der Waals surface area contributed by atoms with Crippen molar-refractivity contribution in [3.05, 3.63) is 35.7 Å². The third-order valence-corrected chi connectivity index (χ3v) is 4.54. The molecule has 1 saturated heterocycles. The number of aryl methyl sites for hydroxylation is 3. The van der Waals surface area contributed by atoms with Crippen LogP contribution in [-0.2, 0) is 13.6 Å². The number of piperazine rings is 1. The van der Waals surface area contributed by atoms with E-state index >= 15 is 0 Å². The molecule has 0 bridgehead atoms. The number of hydrogen-bond donors (Lipinski definition) is 0. The van der Waals surface area contributed by atoms with E-state index in [0.29, 0.717) is 0 Å². The van der Waals surface area contributed by atoms with Crippen molar-refractivity contribution in [2.75, 3.05) is 31.1 Å². The molecule has 1 fully saturated rings. The summed E-state index contributed by atoms with van der Waals surface area (Å²) in [6.45, 7) is 8.88. The minimum atomic E-state index is 0.773. The second kappa shape index (κ2) is 5.86. The summed E-state index contributed by atoms with van der Waals surface area (Å²) in [6.07, 6.45) is 5.75. The van der Waals surface area contributed by atoms with Gasteiger partial charge in [0.15, 0.2) is 11.5 Å². The maximum Gasteiger partial charge on any atom is 0.176 e. The van der Waals surface area contributed by atoms with Crippen molar-refractivity contribution in [3.8, 4) is 0 Å². The molecule has 4 rings (SSSR count). The van der Waals surface area contributed by atoms with Crippen molar-refractivity contribution in [3.63, 3.8) is 0 Å². The van der Waals surface area contributed by atoms with Gasteiger partial charge in [-0.15, -0.1) is 5.10 Å². The van der Waals surface area contributed by atoms with Crippen LogP contribution in [0.1, 0.15) is 17.1 Å². The SMILES string of the molecule is Cc1nc2cncc(N3CCN(Cc4cn(C)nc4C)CC3)n2n1. The Morgan fingerprint density at radius 2 is 1.83 bits per heavy atom. The van der Waals surface area contributed by atoms with Crippen LogP contribution in [0.2, 0.25) is 0 Å². The van der Waals surface area contributed by atoms with Crippen LogP contribution in [0.4, 0.5) is 5.82 Å². The highest BCUT2D eigenvalue weighted by atomic mass is 15.4. The molecule has 0 unspecified atom stereocenters. The molecule has 0 N–H and O–H groups in total. The lowest BCUT2D eigenvalue weighted by molar-refractivity contribution is 0.248. The Morgan fingerprint density at radius 3 is 2.54 bits per heavy atom. The Hall–Kier alpha value is -2.48. The zero-order valence-electron chi connectivity index (χ0n) is 14.3. The fourth-order valence-electron chi connectivity index (χ4n) is 3.30. The number of rotatable bonds is 3. The summed E-state index contributed by atoms with van der Waals surface area (Å²) in [5, 5.41) is 8.92. The van der Waals surface area contributed by atoms with Crippen LogP contribution in [0.25, 0.3) is 5.65 Å². The Balaban J connectivity index is 1.46. The van der Waals surface area contributed by atoms with Crippen molar-refractivity contribution >= 4 is 11.5 Å². The maximum atomic E-state index is 4.49. The molecule has 4 heterocycles. The van der Waals surface area contributed by atoms with Gasteiger partial charge in [-0.3, -0.25) is 14.6 Å². The highest BCUT2D eigenvalue weighted by Gasteiger charge is 2.21. The lowest BCUT2D eigenvalue weighted by Gasteiger charge is -2.35. The van der Waals surface area contributed by atoms with Crippen molar-refractivity contribution in [2.24, 2.45) is 7.05 Å². The molecule has 8 nitrogen and oxygen atoms in total. The van der Waals surface area contributed by atoms with Crippen LogP contribution in [0.15, 0.2) is 18.6 Å². The summed E-state index contributed by atoms with van der Waals surface area (Å²) in [7, 11) is 1.97. The smallest absolute Gasteiger partial charge is 0.176 e. The number of fused-ring (bicyclic) bond motifs is 1. The molecule has 0 radical (unpaired) electrons. The number of hydrogen-bond acceptors (Lipinski definition) is 6. The van der Waals surface area contributed by atoms with Gasteiger partial charge in [-0.05, 0) is 13.8 Å². The van der Waals surface area contributed by atoms with Gasteiger partial charge in [0.1, 0.15) is 5.82 Å². The molecule has 0 aromatic carbocycles. The van der Waals surface area contributed by atoms with Gasteiger partial charge in [-0.25, -0.2) is 4.98 Å². The molecule has 8 heteroatoms. The Kier molecular flexibility index (Phi) is 3.68. The van der Waals surface area contributed by atoms with E-state index in [-0.39, 0.29) is 0 Å². The van der Waals surface area contributed by atoms with Gasteiger partial charge in [0, 0.05) is 51.5 Å². The zero-order valence-corrected chi connectivity index (χ0v) is 14.3. The van der Waals surface area contributed by atoms with Crippen LogP contribution >= 0.6 is 0 Å². The first kappa shape index (κ1) is 15.1. The summed E-state index contributed by atoms with van der Waals surface area (Å²) in [4.78, 5) is 13.5. The van der Waals surface area contributed by atoms with Gasteiger partial charge in [-0.1, -0.05) is 0 Å². The molecule has 0 aliphatic carbocycles. The lowest BCUT2D eigenvalue weighted by atomic mass is 10.2. The highest BCUT2D eigenvalue weighted by Crippen LogP contribution is 2.18. The molecule has 3 aromatic rings. The number of anilines is 1. The summed E-state index contributed by atoms with van der Waals surface area (Å²) in [5.74, 6) is 1.79. The maximum absolute atomic E-state index is 4.49. The van der Waals surface area contributed by atoms with Gasteiger partial charge < -0.3 is 4.90 Å². The largest absolute Gasteiger partial charge is 0.353 e. The first-order chi connectivity index (χ1) is 11.6. The number of aromatic nitrogens is 6. The molecule has 3 aromatic heterocycles. The molecule has 0 spiro atoms. The van der Waals surface area contributed by atoms with E-state index in [9.17, 15) is 0 Å². The van der Waals surface area contributed by atoms with Crippen molar-refractivity contribution in [1.82, 2.24) is 34.3 Å². The Morgan fingerprint density at radius 1 is 1.04 bits per heavy atom. The van der Waals surface area contributed by atoms with E-state index in [0.717, 1.165) is 55.7 Å². The van der Waals surface area contributed by atoms with Crippen molar-refractivity contribution in [1.29, 1.82) is 0 Å². The molecule has 126 valence electrons. The van der Waals surface area contributed by atoms with E-state index in [1.54, 1.807) is 6.20 Å². The van der Waals surface area contributed by atoms with Crippen LogP contribution in [0.3, 0.4) is 0 Å². The molecular weight excluding hydrogens is 304 g/mol. The molecule has 0 amide bonds. The highest BCUT2D eigenvalue weighted by molar-refractivity contribution is 5.47. The predicted octanol–water partition coefficient (Wildman–Crippen LogP) is 0.797. The van der Waals surface area contributed by atoms with Crippen LogP contribution in [0, 0.1) is 13.8 Å². The van der Waals surface area contributed by atoms with Gasteiger partial charge in [0.05, 0.1) is 18.1 Å². The first-order valence-electron chi connectivity index (χ1n) is 8.24. The van der Waals surface area contributed by atoms with Crippen LogP contribution in [0.5, 0.6) is 0 Å². The second-order valence-electron chi connectivity index (χ2n) is 6.37. The molecule has 24 heavy (non-hydrogen) atoms.